The number of nitrogens with one attached hydrogen (secondary N) is 1. The summed E-state index contributed by atoms with van der Waals surface area (Å²) in [6.45, 7) is 2.45. The van der Waals surface area contributed by atoms with E-state index in [0.29, 0.717) is 29.2 Å². The molecular formula is C22H22N2O4S2. The first-order valence-corrected chi connectivity index (χ1v) is 12.0. The average molecular weight is 443 g/mol. The molecule has 8 heteroatoms. The maximum atomic E-state index is 12.8. The van der Waals surface area contributed by atoms with E-state index < -0.39 is 10.0 Å². The highest BCUT2D eigenvalue weighted by molar-refractivity contribution is 7.93. The zero-order valence-electron chi connectivity index (χ0n) is 16.7. The summed E-state index contributed by atoms with van der Waals surface area (Å²) in [4.78, 5) is 14.5. The first-order valence-electron chi connectivity index (χ1n) is 9.54. The van der Waals surface area contributed by atoms with Gasteiger partial charge < -0.3 is 10.1 Å². The molecule has 0 radical (unpaired) electrons. The monoisotopic (exact) mass is 442 g/mol. The SMILES string of the molecule is COc1ccc(-c2cc(C(=O)Nc3cccc(N4CCCS4(=O)=O)c3)sc2C)cc1. The number of rotatable bonds is 5. The number of methoxy groups -OCH3 is 1. The van der Waals surface area contributed by atoms with Gasteiger partial charge in [0.15, 0.2) is 0 Å². The van der Waals surface area contributed by atoms with Gasteiger partial charge in [0.1, 0.15) is 5.75 Å². The third-order valence-electron chi connectivity index (χ3n) is 5.03. The van der Waals surface area contributed by atoms with Crippen molar-refractivity contribution in [2.45, 2.75) is 13.3 Å². The van der Waals surface area contributed by atoms with Gasteiger partial charge >= 0.3 is 0 Å². The average Bonchev–Trinajstić information content (AvgIpc) is 3.30. The lowest BCUT2D eigenvalue weighted by Gasteiger charge is -2.17. The fraction of sp³-hybridized carbons (Fsp3) is 0.227. The molecule has 0 bridgehead atoms. The van der Waals surface area contributed by atoms with E-state index in [0.717, 1.165) is 21.8 Å². The number of hydrogen-bond acceptors (Lipinski definition) is 5. The quantitative estimate of drug-likeness (QED) is 0.630. The molecule has 2 aromatic carbocycles. The van der Waals surface area contributed by atoms with Crippen molar-refractivity contribution < 1.29 is 17.9 Å². The Hall–Kier alpha value is -2.84. The Morgan fingerprint density at radius 1 is 1.13 bits per heavy atom. The maximum absolute atomic E-state index is 12.8. The first-order chi connectivity index (χ1) is 14.4. The van der Waals surface area contributed by atoms with Crippen LogP contribution in [-0.4, -0.2) is 33.7 Å². The van der Waals surface area contributed by atoms with Crippen LogP contribution in [0.4, 0.5) is 11.4 Å². The van der Waals surface area contributed by atoms with Gasteiger partial charge in [0.25, 0.3) is 5.91 Å². The van der Waals surface area contributed by atoms with Gasteiger partial charge in [-0.25, -0.2) is 8.42 Å². The highest BCUT2D eigenvalue weighted by Gasteiger charge is 2.28. The van der Waals surface area contributed by atoms with Crippen LogP contribution in [0.1, 0.15) is 21.0 Å². The molecule has 1 aliphatic heterocycles. The van der Waals surface area contributed by atoms with Crippen molar-refractivity contribution in [3.05, 3.63) is 64.4 Å². The fourth-order valence-corrected chi connectivity index (χ4v) is 6.01. The third kappa shape index (κ3) is 4.06. The summed E-state index contributed by atoms with van der Waals surface area (Å²) < 4.78 is 30.9. The summed E-state index contributed by atoms with van der Waals surface area (Å²) in [6.07, 6.45) is 0.613. The minimum Gasteiger partial charge on any atom is -0.497 e. The molecule has 2 heterocycles. The number of hydrogen-bond donors (Lipinski definition) is 1. The van der Waals surface area contributed by atoms with Crippen LogP contribution in [0.25, 0.3) is 11.1 Å². The summed E-state index contributed by atoms with van der Waals surface area (Å²) in [5, 5.41) is 2.89. The van der Waals surface area contributed by atoms with Crippen LogP contribution < -0.4 is 14.4 Å². The van der Waals surface area contributed by atoms with Crippen LogP contribution in [0.5, 0.6) is 5.75 Å². The zero-order chi connectivity index (χ0) is 21.3. The van der Waals surface area contributed by atoms with Crippen LogP contribution in [0.2, 0.25) is 0 Å². The number of anilines is 2. The van der Waals surface area contributed by atoms with E-state index in [1.54, 1.807) is 31.4 Å². The van der Waals surface area contributed by atoms with E-state index in [1.807, 2.05) is 37.3 Å². The number of sulfonamides is 1. The van der Waals surface area contributed by atoms with Gasteiger partial charge in [-0.05, 0) is 60.9 Å². The topological polar surface area (TPSA) is 75.7 Å². The Bertz CT molecular complexity index is 1180. The van der Waals surface area contributed by atoms with Crippen molar-refractivity contribution >= 4 is 38.6 Å². The molecule has 30 heavy (non-hydrogen) atoms. The summed E-state index contributed by atoms with van der Waals surface area (Å²) in [7, 11) is -1.64. The number of aryl methyl sites for hydroxylation is 1. The predicted molar refractivity (Wildman–Crippen MR) is 121 cm³/mol. The van der Waals surface area contributed by atoms with E-state index in [4.69, 9.17) is 4.74 Å². The smallest absolute Gasteiger partial charge is 0.265 e. The van der Waals surface area contributed by atoms with Gasteiger partial charge in [0.05, 0.1) is 23.4 Å². The van der Waals surface area contributed by atoms with Crippen molar-refractivity contribution in [3.63, 3.8) is 0 Å². The number of nitrogens with zero attached hydrogens (tertiary/aromatic N) is 1. The molecule has 0 unspecified atom stereocenters. The second-order valence-electron chi connectivity index (χ2n) is 7.06. The number of benzene rings is 2. The van der Waals surface area contributed by atoms with Crippen molar-refractivity contribution in [1.29, 1.82) is 0 Å². The lowest BCUT2D eigenvalue weighted by atomic mass is 10.1. The molecule has 1 fully saturated rings. The molecule has 1 saturated heterocycles. The molecule has 3 aromatic rings. The first kappa shape index (κ1) is 20.4. The lowest BCUT2D eigenvalue weighted by molar-refractivity contribution is 0.103. The van der Waals surface area contributed by atoms with Crippen LogP contribution in [0, 0.1) is 6.92 Å². The molecule has 1 aliphatic rings. The summed E-state index contributed by atoms with van der Waals surface area (Å²) in [5.74, 6) is 0.723. The molecule has 0 saturated carbocycles. The van der Waals surface area contributed by atoms with Crippen molar-refractivity contribution in [3.8, 4) is 16.9 Å². The van der Waals surface area contributed by atoms with Crippen LogP contribution in [-0.2, 0) is 10.0 Å². The normalized spacial score (nSPS) is 15.2. The summed E-state index contributed by atoms with van der Waals surface area (Å²) >= 11 is 1.43. The molecule has 0 spiro atoms. The van der Waals surface area contributed by atoms with Crippen LogP contribution >= 0.6 is 11.3 Å². The van der Waals surface area contributed by atoms with Gasteiger partial charge in [-0.3, -0.25) is 9.10 Å². The van der Waals surface area contributed by atoms with Crippen molar-refractivity contribution in [2.24, 2.45) is 0 Å². The van der Waals surface area contributed by atoms with Gasteiger partial charge in [0.2, 0.25) is 10.0 Å². The Morgan fingerprint density at radius 3 is 2.57 bits per heavy atom. The standard InChI is InChI=1S/C22H22N2O4S2/c1-15-20(16-7-9-19(28-2)10-8-16)14-21(29-15)22(25)23-17-5-3-6-18(13-17)24-11-4-12-30(24,26)27/h3,5-10,13-14H,4,11-12H2,1-2H3,(H,23,25). The van der Waals surface area contributed by atoms with E-state index in [9.17, 15) is 13.2 Å². The van der Waals surface area contributed by atoms with E-state index >= 15 is 0 Å². The van der Waals surface area contributed by atoms with Gasteiger partial charge in [-0.15, -0.1) is 11.3 Å². The zero-order valence-corrected chi connectivity index (χ0v) is 18.3. The van der Waals surface area contributed by atoms with Crippen LogP contribution in [0.3, 0.4) is 0 Å². The van der Waals surface area contributed by atoms with Gasteiger partial charge in [0, 0.05) is 17.1 Å². The molecule has 0 atom stereocenters. The Morgan fingerprint density at radius 2 is 1.90 bits per heavy atom. The Kier molecular flexibility index (Phi) is 5.53. The summed E-state index contributed by atoms with van der Waals surface area (Å²) in [5.41, 5.74) is 3.16. The highest BCUT2D eigenvalue weighted by atomic mass is 32.2. The minimum atomic E-state index is -3.26. The molecule has 1 aromatic heterocycles. The maximum Gasteiger partial charge on any atom is 0.265 e. The molecule has 1 N–H and O–H groups in total. The van der Waals surface area contributed by atoms with E-state index in [1.165, 1.54) is 15.6 Å². The predicted octanol–water partition coefficient (Wildman–Crippen LogP) is 4.52. The number of carbonyl (C=O) groups excluding carboxylic acids is 1. The second-order valence-corrected chi connectivity index (χ2v) is 10.3. The van der Waals surface area contributed by atoms with Crippen molar-refractivity contribution in [1.82, 2.24) is 0 Å². The highest BCUT2D eigenvalue weighted by Crippen LogP contribution is 2.33. The number of thiophene rings is 1. The van der Waals surface area contributed by atoms with Crippen LogP contribution in [0.15, 0.2) is 54.6 Å². The molecule has 1 amide bonds. The molecule has 0 aliphatic carbocycles. The number of carbonyl (C=O) groups is 1. The molecule has 6 nitrogen and oxygen atoms in total. The number of ether oxygens (including phenoxy) is 1. The molecule has 4 rings (SSSR count). The third-order valence-corrected chi connectivity index (χ3v) is 7.95. The van der Waals surface area contributed by atoms with E-state index in [2.05, 4.69) is 5.32 Å². The van der Waals surface area contributed by atoms with Crippen molar-refractivity contribution in [2.75, 3.05) is 29.0 Å². The van der Waals surface area contributed by atoms with E-state index in [-0.39, 0.29) is 11.7 Å². The molecule has 156 valence electrons. The Balaban J connectivity index is 1.54. The minimum absolute atomic E-state index is 0.159. The molecular weight excluding hydrogens is 420 g/mol. The summed E-state index contributed by atoms with van der Waals surface area (Å²) in [6, 6.07) is 16.6. The fourth-order valence-electron chi connectivity index (χ4n) is 3.51. The Labute approximate surface area is 180 Å². The number of amides is 1. The largest absolute Gasteiger partial charge is 0.497 e. The lowest BCUT2D eigenvalue weighted by Crippen LogP contribution is -2.25. The second kappa shape index (κ2) is 8.12. The van der Waals surface area contributed by atoms with Gasteiger partial charge in [-0.1, -0.05) is 18.2 Å². The van der Waals surface area contributed by atoms with Gasteiger partial charge in [-0.2, -0.15) is 0 Å².